The van der Waals surface area contributed by atoms with Crippen molar-refractivity contribution in [2.75, 3.05) is 6.54 Å². The van der Waals surface area contributed by atoms with Crippen molar-refractivity contribution in [1.82, 2.24) is 9.88 Å². The number of fused-ring (bicyclic) bond motifs is 3. The smallest absolute Gasteiger partial charge is 0.152 e. The van der Waals surface area contributed by atoms with Crippen LogP contribution in [0, 0.1) is 23.4 Å². The van der Waals surface area contributed by atoms with Crippen LogP contribution in [0.25, 0.3) is 17.0 Å². The maximum Gasteiger partial charge on any atom is 0.152 e. The molecule has 2 heterocycles. The molecule has 0 amide bonds. The summed E-state index contributed by atoms with van der Waals surface area (Å²) in [6, 6.07) is 6.38. The lowest BCUT2D eigenvalue weighted by Gasteiger charge is -2.42. The molecule has 2 atom stereocenters. The Bertz CT molecular complexity index is 1190. The number of hydrogen-bond acceptors (Lipinski definition) is 2. The number of carbonyl (C=O) groups excluding carboxylic acids is 1. The number of nitrogens with zero attached hydrogens (tertiary/aromatic N) is 1. The Morgan fingerprint density at radius 3 is 2.50 bits per heavy atom. The molecule has 0 saturated heterocycles. The second-order valence-electron chi connectivity index (χ2n) is 9.10. The molecular formula is C26H27F3N2O. The first-order valence-electron chi connectivity index (χ1n) is 10.9. The molecule has 0 spiro atoms. The monoisotopic (exact) mass is 440 g/mol. The van der Waals surface area contributed by atoms with E-state index in [-0.39, 0.29) is 34.7 Å². The molecule has 1 N–H and O–H groups in total. The maximum atomic E-state index is 15.4. The zero-order valence-electron chi connectivity index (χ0n) is 18.7. The van der Waals surface area contributed by atoms with E-state index in [1.165, 1.54) is 43.3 Å². The van der Waals surface area contributed by atoms with Gasteiger partial charge in [-0.05, 0) is 73.7 Å². The van der Waals surface area contributed by atoms with Crippen LogP contribution in [-0.2, 0) is 11.2 Å². The van der Waals surface area contributed by atoms with Crippen molar-refractivity contribution in [2.24, 2.45) is 5.92 Å². The quantitative estimate of drug-likeness (QED) is 0.481. The second kappa shape index (κ2) is 8.58. The van der Waals surface area contributed by atoms with Crippen molar-refractivity contribution >= 4 is 22.8 Å². The number of aromatic nitrogens is 1. The summed E-state index contributed by atoms with van der Waals surface area (Å²) in [6.07, 6.45) is 3.35. The number of ketones is 1. The van der Waals surface area contributed by atoms with Gasteiger partial charge in [-0.3, -0.25) is 9.69 Å². The molecule has 6 heteroatoms. The molecule has 0 aliphatic carbocycles. The SMILES string of the molecule is CC(=O)/C=C/c1cc(F)c(C2c3[nH]c4ccc(F)cc4c3CC(C)N2CC(C)C)c(F)c1. The standard InChI is InChI=1S/C26H27F3N2O/c1-14(2)13-31-15(3)9-20-19-12-18(27)7-8-23(19)30-25(20)26(31)24-21(28)10-17(11-22(24)29)6-5-16(4)32/h5-8,10-12,14-15,26,30H,9,13H2,1-4H3/b6-5+. The van der Waals surface area contributed by atoms with Gasteiger partial charge in [-0.1, -0.05) is 19.9 Å². The number of allylic oxidation sites excluding steroid dienone is 1. The molecule has 2 aromatic carbocycles. The third-order valence-corrected chi connectivity index (χ3v) is 6.03. The summed E-state index contributed by atoms with van der Waals surface area (Å²) < 4.78 is 44.8. The third kappa shape index (κ3) is 4.11. The molecule has 1 aromatic heterocycles. The van der Waals surface area contributed by atoms with Crippen LogP contribution < -0.4 is 0 Å². The van der Waals surface area contributed by atoms with Crippen LogP contribution >= 0.6 is 0 Å². The minimum absolute atomic E-state index is 0.00764. The van der Waals surface area contributed by atoms with Crippen LogP contribution in [-0.4, -0.2) is 28.3 Å². The van der Waals surface area contributed by atoms with Crippen LogP contribution in [0.1, 0.15) is 56.1 Å². The minimum atomic E-state index is -0.670. The van der Waals surface area contributed by atoms with E-state index in [0.717, 1.165) is 16.5 Å². The number of H-pyrrole nitrogens is 1. The van der Waals surface area contributed by atoms with Gasteiger partial charge in [-0.2, -0.15) is 0 Å². The molecule has 4 rings (SSSR count). The van der Waals surface area contributed by atoms with Gasteiger partial charge in [0, 0.05) is 34.7 Å². The molecule has 0 bridgehead atoms. The lowest BCUT2D eigenvalue weighted by Crippen LogP contribution is -2.45. The van der Waals surface area contributed by atoms with Crippen molar-refractivity contribution in [3.63, 3.8) is 0 Å². The summed E-state index contributed by atoms with van der Waals surface area (Å²) in [6.45, 7) is 8.21. The van der Waals surface area contributed by atoms with E-state index in [0.29, 0.717) is 18.7 Å². The Balaban J connectivity index is 1.92. The minimum Gasteiger partial charge on any atom is -0.357 e. The Hall–Kier alpha value is -2.86. The van der Waals surface area contributed by atoms with Crippen LogP contribution in [0.4, 0.5) is 13.2 Å². The highest BCUT2D eigenvalue weighted by molar-refractivity contribution is 5.91. The average Bonchev–Trinajstić information content (AvgIpc) is 3.05. The molecule has 0 fully saturated rings. The van der Waals surface area contributed by atoms with E-state index in [2.05, 4.69) is 23.7 Å². The van der Waals surface area contributed by atoms with E-state index >= 15 is 8.78 Å². The van der Waals surface area contributed by atoms with Crippen LogP contribution in [0.2, 0.25) is 0 Å². The van der Waals surface area contributed by atoms with Gasteiger partial charge in [-0.25, -0.2) is 13.2 Å². The van der Waals surface area contributed by atoms with Gasteiger partial charge < -0.3 is 4.98 Å². The van der Waals surface area contributed by atoms with E-state index in [1.807, 2.05) is 6.92 Å². The Morgan fingerprint density at radius 2 is 1.88 bits per heavy atom. The number of carbonyl (C=O) groups is 1. The number of aromatic amines is 1. The zero-order valence-corrected chi connectivity index (χ0v) is 18.7. The van der Waals surface area contributed by atoms with Crippen molar-refractivity contribution in [3.05, 3.63) is 76.2 Å². The number of hydrogen-bond donors (Lipinski definition) is 1. The summed E-state index contributed by atoms with van der Waals surface area (Å²) in [5.74, 6) is -1.60. The van der Waals surface area contributed by atoms with Gasteiger partial charge in [0.1, 0.15) is 17.5 Å². The van der Waals surface area contributed by atoms with Gasteiger partial charge in [0.15, 0.2) is 5.78 Å². The third-order valence-electron chi connectivity index (χ3n) is 6.03. The molecule has 3 aromatic rings. The molecule has 0 saturated carbocycles. The fourth-order valence-corrected chi connectivity index (χ4v) is 4.72. The highest BCUT2D eigenvalue weighted by Gasteiger charge is 2.38. The van der Waals surface area contributed by atoms with Gasteiger partial charge in [0.05, 0.1) is 6.04 Å². The first-order chi connectivity index (χ1) is 15.2. The predicted molar refractivity (Wildman–Crippen MR) is 121 cm³/mol. The van der Waals surface area contributed by atoms with Crippen LogP contribution in [0.3, 0.4) is 0 Å². The summed E-state index contributed by atoms with van der Waals surface area (Å²) >= 11 is 0. The Kier molecular flexibility index (Phi) is 5.99. The van der Waals surface area contributed by atoms with E-state index in [4.69, 9.17) is 0 Å². The maximum absolute atomic E-state index is 15.4. The molecule has 1 aliphatic rings. The summed E-state index contributed by atoms with van der Waals surface area (Å²) in [5.41, 5.74) is 2.61. The van der Waals surface area contributed by atoms with Gasteiger partial charge in [0.25, 0.3) is 0 Å². The molecule has 2 unspecified atom stereocenters. The van der Waals surface area contributed by atoms with Crippen molar-refractivity contribution in [1.29, 1.82) is 0 Å². The number of nitrogens with one attached hydrogen (secondary N) is 1. The van der Waals surface area contributed by atoms with E-state index < -0.39 is 17.7 Å². The van der Waals surface area contributed by atoms with Gasteiger partial charge in [-0.15, -0.1) is 0 Å². The fourth-order valence-electron chi connectivity index (χ4n) is 4.72. The first kappa shape index (κ1) is 22.3. The van der Waals surface area contributed by atoms with Gasteiger partial charge >= 0.3 is 0 Å². The van der Waals surface area contributed by atoms with Crippen LogP contribution in [0.15, 0.2) is 36.4 Å². The number of benzene rings is 2. The number of halogens is 3. The summed E-state index contributed by atoms with van der Waals surface area (Å²) in [5, 5.41) is 0.753. The van der Waals surface area contributed by atoms with Gasteiger partial charge in [0.2, 0.25) is 0 Å². The molecule has 3 nitrogen and oxygen atoms in total. The fraction of sp³-hybridized carbons (Fsp3) is 0.346. The normalized spacial score (nSPS) is 19.2. The highest BCUT2D eigenvalue weighted by Crippen LogP contribution is 2.43. The Labute approximate surface area is 185 Å². The van der Waals surface area contributed by atoms with Crippen molar-refractivity contribution < 1.29 is 18.0 Å². The number of rotatable bonds is 5. The molecule has 168 valence electrons. The predicted octanol–water partition coefficient (Wildman–Crippen LogP) is 6.18. The largest absolute Gasteiger partial charge is 0.357 e. The Morgan fingerprint density at radius 1 is 1.19 bits per heavy atom. The molecule has 32 heavy (non-hydrogen) atoms. The lowest BCUT2D eigenvalue weighted by molar-refractivity contribution is -0.112. The topological polar surface area (TPSA) is 36.1 Å². The molecule has 0 radical (unpaired) electrons. The van der Waals surface area contributed by atoms with E-state index in [9.17, 15) is 9.18 Å². The molecular weight excluding hydrogens is 413 g/mol. The van der Waals surface area contributed by atoms with Crippen LogP contribution in [0.5, 0.6) is 0 Å². The zero-order chi connectivity index (χ0) is 23.2. The summed E-state index contributed by atoms with van der Waals surface area (Å²) in [7, 11) is 0. The summed E-state index contributed by atoms with van der Waals surface area (Å²) in [4.78, 5) is 16.7. The second-order valence-corrected chi connectivity index (χ2v) is 9.10. The lowest BCUT2D eigenvalue weighted by atomic mass is 9.87. The van der Waals surface area contributed by atoms with E-state index in [1.54, 1.807) is 6.07 Å². The molecule has 1 aliphatic heterocycles. The van der Waals surface area contributed by atoms with Crippen molar-refractivity contribution in [3.8, 4) is 0 Å². The highest BCUT2D eigenvalue weighted by atomic mass is 19.1. The first-order valence-corrected chi connectivity index (χ1v) is 10.9. The van der Waals surface area contributed by atoms with Crippen molar-refractivity contribution in [2.45, 2.75) is 46.2 Å². The average molecular weight is 441 g/mol.